The van der Waals surface area contributed by atoms with E-state index in [0.29, 0.717) is 10.9 Å². The quantitative estimate of drug-likeness (QED) is 0.823. The number of hydrogen-bond acceptors (Lipinski definition) is 4. The van der Waals surface area contributed by atoms with E-state index in [1.165, 1.54) is 13.8 Å². The van der Waals surface area contributed by atoms with Gasteiger partial charge in [0.25, 0.3) is 0 Å². The van der Waals surface area contributed by atoms with E-state index in [2.05, 4.69) is 0 Å². The van der Waals surface area contributed by atoms with Crippen molar-refractivity contribution in [3.05, 3.63) is 29.3 Å². The van der Waals surface area contributed by atoms with E-state index in [-0.39, 0.29) is 6.61 Å². The van der Waals surface area contributed by atoms with Gasteiger partial charge in [-0.1, -0.05) is 18.2 Å². The van der Waals surface area contributed by atoms with Crippen LogP contribution in [0.4, 0.5) is 0 Å². The van der Waals surface area contributed by atoms with Crippen molar-refractivity contribution in [2.24, 2.45) is 0 Å². The van der Waals surface area contributed by atoms with Crippen molar-refractivity contribution < 1.29 is 28.0 Å². The molecular formula is C13H20O6P2. The van der Waals surface area contributed by atoms with Gasteiger partial charge in [0.2, 0.25) is 0 Å². The fourth-order valence-corrected chi connectivity index (χ4v) is 5.33. The van der Waals surface area contributed by atoms with Crippen LogP contribution in [0.5, 0.6) is 0 Å². The Labute approximate surface area is 124 Å². The normalized spacial score (nSPS) is 25.9. The molecule has 0 bridgehead atoms. The van der Waals surface area contributed by atoms with E-state index < -0.39 is 26.5 Å². The van der Waals surface area contributed by atoms with Crippen molar-refractivity contribution in [1.29, 1.82) is 0 Å². The molecule has 0 fully saturated rings. The summed E-state index contributed by atoms with van der Waals surface area (Å²) in [5.41, 5.74) is 1.26. The molecule has 0 spiro atoms. The highest BCUT2D eigenvalue weighted by atomic mass is 31.2. The lowest BCUT2D eigenvalue weighted by Gasteiger charge is -2.31. The van der Waals surface area contributed by atoms with Crippen LogP contribution in [0.15, 0.2) is 18.2 Å². The van der Waals surface area contributed by atoms with Crippen LogP contribution in [-0.2, 0) is 18.2 Å². The van der Waals surface area contributed by atoms with E-state index >= 15 is 0 Å². The van der Waals surface area contributed by atoms with Crippen molar-refractivity contribution in [1.82, 2.24) is 0 Å². The first kappa shape index (κ1) is 16.9. The number of aryl methyl sites for hydroxylation is 1. The Balaban J connectivity index is 2.64. The molecule has 0 saturated carbocycles. The Kier molecular flexibility index (Phi) is 4.27. The number of fused-ring (bicyclic) bond motifs is 1. The average molecular weight is 334 g/mol. The lowest BCUT2D eigenvalue weighted by Crippen LogP contribution is -2.29. The minimum absolute atomic E-state index is 0.189. The lowest BCUT2D eigenvalue weighted by atomic mass is 9.97. The van der Waals surface area contributed by atoms with Crippen LogP contribution < -0.4 is 5.30 Å². The summed E-state index contributed by atoms with van der Waals surface area (Å²) >= 11 is 0. The van der Waals surface area contributed by atoms with E-state index in [9.17, 15) is 18.9 Å². The maximum Gasteiger partial charge on any atom is 0.362 e. The standard InChI is InChI=1S/C13H20O6P2/c1-5-18-20(14)11-9(2)7-6-8-10(11)12(19-20)13(3,4)21(15,16)17/h6-8,12H,5H2,1-4H3,(H2,15,16,17). The molecule has 8 heteroatoms. The Bertz CT molecular complexity index is 648. The van der Waals surface area contributed by atoms with Crippen LogP contribution in [0.25, 0.3) is 0 Å². The number of benzene rings is 1. The van der Waals surface area contributed by atoms with Gasteiger partial charge in [-0.3, -0.25) is 13.7 Å². The van der Waals surface area contributed by atoms with Gasteiger partial charge in [0.15, 0.2) is 0 Å². The van der Waals surface area contributed by atoms with Crippen LogP contribution >= 0.6 is 15.2 Å². The highest BCUT2D eigenvalue weighted by Gasteiger charge is 2.55. The van der Waals surface area contributed by atoms with Crippen molar-refractivity contribution in [2.45, 2.75) is 39.0 Å². The van der Waals surface area contributed by atoms with Gasteiger partial charge in [-0.2, -0.15) is 0 Å². The summed E-state index contributed by atoms with van der Waals surface area (Å²) in [7, 11) is -8.03. The third-order valence-electron chi connectivity index (χ3n) is 3.76. The van der Waals surface area contributed by atoms with Crippen molar-refractivity contribution in [3.8, 4) is 0 Å². The molecule has 1 aromatic rings. The zero-order chi connectivity index (χ0) is 16.1. The first-order valence-electron chi connectivity index (χ1n) is 6.63. The van der Waals surface area contributed by atoms with Crippen molar-refractivity contribution in [3.63, 3.8) is 0 Å². The fourth-order valence-electron chi connectivity index (χ4n) is 2.44. The molecular weight excluding hydrogens is 314 g/mol. The molecule has 0 aliphatic carbocycles. The number of rotatable bonds is 4. The zero-order valence-corrected chi connectivity index (χ0v) is 14.2. The van der Waals surface area contributed by atoms with Crippen molar-refractivity contribution >= 4 is 20.5 Å². The summed E-state index contributed by atoms with van der Waals surface area (Å²) in [4.78, 5) is 19.2. The fraction of sp³-hybridized carbons (Fsp3) is 0.538. The molecule has 2 N–H and O–H groups in total. The predicted molar refractivity (Wildman–Crippen MR) is 80.0 cm³/mol. The second kappa shape index (κ2) is 5.31. The lowest BCUT2D eigenvalue weighted by molar-refractivity contribution is 0.131. The molecule has 6 nitrogen and oxygen atoms in total. The second-order valence-electron chi connectivity index (χ2n) is 5.61. The molecule has 0 amide bonds. The van der Waals surface area contributed by atoms with Gasteiger partial charge in [-0.25, -0.2) is 0 Å². The molecule has 2 unspecified atom stereocenters. The summed E-state index contributed by atoms with van der Waals surface area (Å²) in [6, 6.07) is 5.21. The van der Waals surface area contributed by atoms with E-state index in [4.69, 9.17) is 9.05 Å². The van der Waals surface area contributed by atoms with Gasteiger partial charge in [0, 0.05) is 0 Å². The van der Waals surface area contributed by atoms with Gasteiger partial charge >= 0.3 is 15.2 Å². The summed E-state index contributed by atoms with van der Waals surface area (Å²) in [5, 5.41) is -1.07. The van der Waals surface area contributed by atoms with Gasteiger partial charge in [0.1, 0.15) is 6.10 Å². The molecule has 118 valence electrons. The maximum atomic E-state index is 12.9. The van der Waals surface area contributed by atoms with Crippen LogP contribution in [-0.4, -0.2) is 21.5 Å². The summed E-state index contributed by atoms with van der Waals surface area (Å²) in [5.74, 6) is 0. The van der Waals surface area contributed by atoms with E-state index in [1.807, 2.05) is 0 Å². The van der Waals surface area contributed by atoms with Crippen LogP contribution in [0.2, 0.25) is 0 Å². The van der Waals surface area contributed by atoms with Crippen LogP contribution in [0.3, 0.4) is 0 Å². The SMILES string of the molecule is CCOP1(=O)OC(C(C)(C)P(=O)(O)O)c2cccc(C)c21. The Morgan fingerprint density at radius 2 is 2.05 bits per heavy atom. The smallest absolute Gasteiger partial charge is 0.324 e. The Hall–Kier alpha value is -0.480. The monoisotopic (exact) mass is 334 g/mol. The Morgan fingerprint density at radius 1 is 1.43 bits per heavy atom. The van der Waals surface area contributed by atoms with Gasteiger partial charge in [0.05, 0.1) is 17.1 Å². The second-order valence-corrected chi connectivity index (χ2v) is 9.76. The highest BCUT2D eigenvalue weighted by molar-refractivity contribution is 7.63. The third-order valence-corrected chi connectivity index (χ3v) is 7.74. The average Bonchev–Trinajstić information content (AvgIpc) is 2.64. The number of hydrogen-bond donors (Lipinski definition) is 2. The summed E-state index contributed by atoms with van der Waals surface area (Å²) in [6.07, 6.45) is -0.981. The third kappa shape index (κ3) is 2.65. The topological polar surface area (TPSA) is 93.1 Å². The first-order chi connectivity index (χ1) is 9.54. The maximum absolute atomic E-state index is 12.9. The molecule has 0 radical (unpaired) electrons. The molecule has 2 rings (SSSR count). The van der Waals surface area contributed by atoms with Crippen LogP contribution in [0.1, 0.15) is 38.0 Å². The Morgan fingerprint density at radius 3 is 2.57 bits per heavy atom. The minimum Gasteiger partial charge on any atom is -0.324 e. The van der Waals surface area contributed by atoms with Gasteiger partial charge in [-0.05, 0) is 38.8 Å². The molecule has 1 heterocycles. The minimum atomic E-state index is -4.47. The molecule has 0 saturated heterocycles. The van der Waals surface area contributed by atoms with Gasteiger partial charge < -0.3 is 14.3 Å². The molecule has 1 aliphatic rings. The molecule has 0 aromatic heterocycles. The molecule has 2 atom stereocenters. The largest absolute Gasteiger partial charge is 0.362 e. The molecule has 1 aliphatic heterocycles. The molecule has 21 heavy (non-hydrogen) atoms. The van der Waals surface area contributed by atoms with E-state index in [0.717, 1.165) is 5.56 Å². The van der Waals surface area contributed by atoms with E-state index in [1.54, 1.807) is 32.0 Å². The first-order valence-corrected chi connectivity index (χ1v) is 9.79. The van der Waals surface area contributed by atoms with Crippen LogP contribution in [0, 0.1) is 6.92 Å². The van der Waals surface area contributed by atoms with Gasteiger partial charge in [-0.15, -0.1) is 0 Å². The predicted octanol–water partition coefficient (Wildman–Crippen LogP) is 2.88. The zero-order valence-electron chi connectivity index (χ0n) is 12.4. The summed E-state index contributed by atoms with van der Waals surface area (Å²) in [6.45, 7) is 6.48. The molecule has 1 aromatic carbocycles. The van der Waals surface area contributed by atoms with Crippen molar-refractivity contribution in [2.75, 3.05) is 6.61 Å². The summed E-state index contributed by atoms with van der Waals surface area (Å²) < 4.78 is 35.6. The highest BCUT2D eigenvalue weighted by Crippen LogP contribution is 2.66.